The van der Waals surface area contributed by atoms with E-state index in [4.69, 9.17) is 2.74 Å². The maximum absolute atomic E-state index is 15.2. The summed E-state index contributed by atoms with van der Waals surface area (Å²) in [4.78, 5) is 18.4. The lowest BCUT2D eigenvalue weighted by molar-refractivity contribution is 0.0763. The van der Waals surface area contributed by atoms with Gasteiger partial charge in [-0.05, 0) is 47.7 Å². The number of hydrogen-bond donors (Lipinski definition) is 0. The van der Waals surface area contributed by atoms with Crippen LogP contribution in [0, 0.1) is 11.6 Å². The van der Waals surface area contributed by atoms with Crippen molar-refractivity contribution < 1.29 is 16.3 Å². The summed E-state index contributed by atoms with van der Waals surface area (Å²) in [5.74, 6) is -2.37. The van der Waals surface area contributed by atoms with Gasteiger partial charge in [-0.25, -0.2) is 8.78 Å². The normalized spacial score (nSPS) is 15.9. The van der Waals surface area contributed by atoms with Gasteiger partial charge in [0.2, 0.25) is 0 Å². The van der Waals surface area contributed by atoms with Crippen LogP contribution in [0.25, 0.3) is 22.0 Å². The van der Waals surface area contributed by atoms with Crippen molar-refractivity contribution in [1.29, 1.82) is 0 Å². The Bertz CT molecular complexity index is 1420. The average molecular weight is 438 g/mol. The summed E-state index contributed by atoms with van der Waals surface area (Å²) in [5.41, 5.74) is 1.36. The fourth-order valence-electron chi connectivity index (χ4n) is 3.78. The molecule has 1 aliphatic rings. The molecule has 0 saturated carbocycles. The number of carbonyl (C=O) groups is 1. The monoisotopic (exact) mass is 438 g/mol. The van der Waals surface area contributed by atoms with Crippen molar-refractivity contribution in [3.05, 3.63) is 77.2 Å². The SMILES string of the molecule is [2H]C1([2H])c2ncccc2C(=O)N1Cc1c(F)cc(-c2ccc(SC)c3nn(C)cc23)cc1F. The van der Waals surface area contributed by atoms with Gasteiger partial charge in [-0.2, -0.15) is 5.10 Å². The second-order valence-corrected chi connectivity index (χ2v) is 8.05. The molecule has 0 aliphatic carbocycles. The number of aromatic nitrogens is 3. The van der Waals surface area contributed by atoms with Crippen LogP contribution >= 0.6 is 11.8 Å². The van der Waals surface area contributed by atoms with Crippen molar-refractivity contribution >= 4 is 28.6 Å². The number of benzene rings is 2. The molecule has 156 valence electrons. The quantitative estimate of drug-likeness (QED) is 0.430. The first-order chi connectivity index (χ1) is 15.7. The first-order valence-electron chi connectivity index (χ1n) is 10.5. The molecule has 0 radical (unpaired) electrons. The summed E-state index contributed by atoms with van der Waals surface area (Å²) in [6, 6.07) is 9.06. The van der Waals surface area contributed by atoms with Gasteiger partial charge in [0.15, 0.2) is 0 Å². The Kier molecular flexibility index (Phi) is 4.19. The molecule has 0 bridgehead atoms. The number of aryl methyl sites for hydroxylation is 1. The van der Waals surface area contributed by atoms with Crippen LogP contribution in [0.5, 0.6) is 0 Å². The van der Waals surface area contributed by atoms with Crippen LogP contribution in [0.15, 0.2) is 53.7 Å². The molecule has 2 aromatic heterocycles. The number of halogens is 2. The summed E-state index contributed by atoms with van der Waals surface area (Å²) in [5, 5.41) is 5.23. The molecule has 0 unspecified atom stereocenters. The summed E-state index contributed by atoms with van der Waals surface area (Å²) in [7, 11) is 1.78. The first-order valence-corrected chi connectivity index (χ1v) is 10.7. The fraction of sp³-hybridized carbons (Fsp3) is 0.174. The van der Waals surface area contributed by atoms with Crippen molar-refractivity contribution in [2.24, 2.45) is 7.05 Å². The number of hydrogen-bond acceptors (Lipinski definition) is 4. The molecule has 5 rings (SSSR count). The average Bonchev–Trinajstić information content (AvgIpc) is 3.26. The summed E-state index contributed by atoms with van der Waals surface area (Å²) < 4.78 is 48.6. The number of rotatable bonds is 4. The predicted octanol–water partition coefficient (Wildman–Crippen LogP) is 4.79. The molecule has 1 aliphatic heterocycles. The van der Waals surface area contributed by atoms with E-state index >= 15 is 8.78 Å². The highest BCUT2D eigenvalue weighted by molar-refractivity contribution is 7.98. The number of nitrogens with zero attached hydrogens (tertiary/aromatic N) is 4. The Hall–Kier alpha value is -3.26. The molecule has 3 heterocycles. The van der Waals surface area contributed by atoms with Gasteiger partial charge in [-0.15, -0.1) is 11.8 Å². The standard InChI is InChI=1S/C23H18F2N4OS/c1-28-10-16-14(5-6-21(31-2)22(16)27-28)13-8-18(24)17(19(25)9-13)11-29-12-20-15(23(29)30)4-3-7-26-20/h3-10H,11-12H2,1-2H3/i12D2. The van der Waals surface area contributed by atoms with Crippen LogP contribution in [-0.4, -0.2) is 31.8 Å². The van der Waals surface area contributed by atoms with Crippen molar-refractivity contribution in [3.8, 4) is 11.1 Å². The number of carbonyl (C=O) groups excluding carboxylic acids is 1. The number of amides is 1. The van der Waals surface area contributed by atoms with E-state index in [1.54, 1.807) is 24.0 Å². The van der Waals surface area contributed by atoms with Gasteiger partial charge in [0.25, 0.3) is 5.91 Å². The Balaban J connectivity index is 1.55. The zero-order valence-corrected chi connectivity index (χ0v) is 17.5. The molecule has 4 aromatic rings. The van der Waals surface area contributed by atoms with Crippen LogP contribution in [0.3, 0.4) is 0 Å². The minimum atomic E-state index is -2.28. The summed E-state index contributed by atoms with van der Waals surface area (Å²) in [6.45, 7) is -2.84. The fourth-order valence-corrected chi connectivity index (χ4v) is 4.33. The zero-order valence-electron chi connectivity index (χ0n) is 18.7. The van der Waals surface area contributed by atoms with Gasteiger partial charge in [-0.1, -0.05) is 6.07 Å². The molecule has 0 spiro atoms. The summed E-state index contributed by atoms with van der Waals surface area (Å²) in [6.07, 6.45) is 5.12. The molecule has 0 saturated heterocycles. The maximum Gasteiger partial charge on any atom is 0.256 e. The van der Waals surface area contributed by atoms with E-state index in [2.05, 4.69) is 10.1 Å². The molecule has 31 heavy (non-hydrogen) atoms. The third kappa shape index (κ3) is 3.27. The Morgan fingerprint density at radius 1 is 1.19 bits per heavy atom. The van der Waals surface area contributed by atoms with Crippen molar-refractivity contribution in [2.75, 3.05) is 6.26 Å². The number of thioether (sulfide) groups is 1. The topological polar surface area (TPSA) is 51.0 Å². The highest BCUT2D eigenvalue weighted by Gasteiger charge is 2.29. The lowest BCUT2D eigenvalue weighted by Gasteiger charge is -2.17. The van der Waals surface area contributed by atoms with Crippen LogP contribution in [0.4, 0.5) is 8.78 Å². The highest BCUT2D eigenvalue weighted by atomic mass is 32.2. The molecule has 0 N–H and O–H groups in total. The summed E-state index contributed by atoms with van der Waals surface area (Å²) >= 11 is 1.53. The minimum absolute atomic E-state index is 0.0553. The van der Waals surface area contributed by atoms with E-state index in [1.165, 1.54) is 42.2 Å². The minimum Gasteiger partial charge on any atom is -0.328 e. The molecule has 5 nitrogen and oxygen atoms in total. The molecule has 1 amide bonds. The van der Waals surface area contributed by atoms with E-state index in [0.717, 1.165) is 20.7 Å². The predicted molar refractivity (Wildman–Crippen MR) is 116 cm³/mol. The third-order valence-electron chi connectivity index (χ3n) is 5.27. The van der Waals surface area contributed by atoms with E-state index in [9.17, 15) is 4.79 Å². The number of fused-ring (bicyclic) bond motifs is 2. The highest BCUT2D eigenvalue weighted by Crippen LogP contribution is 2.35. The molecular formula is C23H18F2N4OS. The van der Waals surface area contributed by atoms with Crippen LogP contribution in [0.1, 0.15) is 24.4 Å². The van der Waals surface area contributed by atoms with E-state index in [0.29, 0.717) is 11.1 Å². The van der Waals surface area contributed by atoms with Gasteiger partial charge < -0.3 is 4.90 Å². The third-order valence-corrected chi connectivity index (χ3v) is 6.04. The van der Waals surface area contributed by atoms with E-state index in [-0.39, 0.29) is 16.8 Å². The van der Waals surface area contributed by atoms with Gasteiger partial charge in [0.1, 0.15) is 17.2 Å². The van der Waals surface area contributed by atoms with Crippen molar-refractivity contribution in [2.45, 2.75) is 17.9 Å². The smallest absolute Gasteiger partial charge is 0.256 e. The maximum atomic E-state index is 15.2. The Morgan fingerprint density at radius 2 is 1.97 bits per heavy atom. The van der Waals surface area contributed by atoms with Gasteiger partial charge >= 0.3 is 0 Å². The first kappa shape index (κ1) is 17.4. The lowest BCUT2D eigenvalue weighted by Crippen LogP contribution is -2.24. The largest absolute Gasteiger partial charge is 0.328 e. The van der Waals surface area contributed by atoms with Gasteiger partial charge in [0, 0.05) is 35.3 Å². The van der Waals surface area contributed by atoms with E-state index in [1.807, 2.05) is 12.3 Å². The Labute approximate surface area is 184 Å². The Morgan fingerprint density at radius 3 is 2.68 bits per heavy atom. The van der Waals surface area contributed by atoms with Gasteiger partial charge in [0.05, 0.1) is 27.0 Å². The van der Waals surface area contributed by atoms with Crippen molar-refractivity contribution in [1.82, 2.24) is 19.7 Å². The van der Waals surface area contributed by atoms with Gasteiger partial charge in [-0.3, -0.25) is 14.5 Å². The number of pyridine rings is 1. The molecular weight excluding hydrogens is 418 g/mol. The molecule has 0 atom stereocenters. The second kappa shape index (κ2) is 7.46. The molecule has 0 fully saturated rings. The van der Waals surface area contributed by atoms with E-state index < -0.39 is 30.6 Å². The molecule has 2 aromatic carbocycles. The van der Waals surface area contributed by atoms with Crippen LogP contribution in [0.2, 0.25) is 0 Å². The van der Waals surface area contributed by atoms with Crippen LogP contribution < -0.4 is 0 Å². The zero-order chi connectivity index (χ0) is 23.5. The lowest BCUT2D eigenvalue weighted by atomic mass is 9.99. The van der Waals surface area contributed by atoms with Crippen molar-refractivity contribution in [3.63, 3.8) is 0 Å². The molecule has 8 heteroatoms. The second-order valence-electron chi connectivity index (χ2n) is 7.20. The van der Waals surface area contributed by atoms with Crippen LogP contribution in [-0.2, 0) is 20.1 Å².